The van der Waals surface area contributed by atoms with Crippen LogP contribution in [-0.2, 0) is 0 Å². The highest BCUT2D eigenvalue weighted by molar-refractivity contribution is 4.84. The van der Waals surface area contributed by atoms with Gasteiger partial charge in [0.1, 0.15) is 0 Å². The Labute approximate surface area is 134 Å². The molecule has 2 nitrogen and oxygen atoms in total. The summed E-state index contributed by atoms with van der Waals surface area (Å²) in [6.45, 7) is 17.7. The molecule has 1 aliphatic rings. The van der Waals surface area contributed by atoms with Crippen LogP contribution in [0.2, 0.25) is 0 Å². The lowest BCUT2D eigenvalue weighted by atomic mass is 9.84. The molecule has 1 saturated carbocycles. The Morgan fingerprint density at radius 1 is 1.05 bits per heavy atom. The third-order valence-corrected chi connectivity index (χ3v) is 5.04. The molecule has 0 radical (unpaired) electrons. The van der Waals surface area contributed by atoms with Gasteiger partial charge in [-0.15, -0.1) is 0 Å². The van der Waals surface area contributed by atoms with Gasteiger partial charge in [-0.2, -0.15) is 0 Å². The predicted octanol–water partition coefficient (Wildman–Crippen LogP) is 4.69. The van der Waals surface area contributed by atoms with Gasteiger partial charge in [-0.05, 0) is 56.7 Å². The molecule has 1 fully saturated rings. The first kappa shape index (κ1) is 19.0. The van der Waals surface area contributed by atoms with Crippen molar-refractivity contribution in [1.82, 2.24) is 10.2 Å². The summed E-state index contributed by atoms with van der Waals surface area (Å²) in [5.74, 6) is 0.820. The van der Waals surface area contributed by atoms with E-state index in [0.29, 0.717) is 11.5 Å². The minimum absolute atomic E-state index is 0.357. The highest BCUT2D eigenvalue weighted by Crippen LogP contribution is 2.26. The molecule has 0 bridgehead atoms. The van der Waals surface area contributed by atoms with Crippen molar-refractivity contribution in [1.29, 1.82) is 0 Å². The predicted molar refractivity (Wildman–Crippen MR) is 94.8 cm³/mol. The Hall–Kier alpha value is -0.0800. The lowest BCUT2D eigenvalue weighted by Crippen LogP contribution is -2.44. The molecule has 2 heteroatoms. The summed E-state index contributed by atoms with van der Waals surface area (Å²) >= 11 is 0. The van der Waals surface area contributed by atoms with E-state index in [1.807, 2.05) is 0 Å². The van der Waals surface area contributed by atoms with Crippen LogP contribution in [0.1, 0.15) is 80.1 Å². The number of rotatable bonds is 9. The molecule has 1 aliphatic carbocycles. The summed E-state index contributed by atoms with van der Waals surface area (Å²) in [6.07, 6.45) is 8.38. The molecule has 0 aromatic carbocycles. The van der Waals surface area contributed by atoms with Crippen molar-refractivity contribution in [3.05, 3.63) is 0 Å². The molecule has 1 rings (SSSR count). The van der Waals surface area contributed by atoms with E-state index in [9.17, 15) is 0 Å². The van der Waals surface area contributed by atoms with Crippen molar-refractivity contribution in [2.24, 2.45) is 11.3 Å². The maximum Gasteiger partial charge on any atom is 0.0128 e. The van der Waals surface area contributed by atoms with E-state index in [4.69, 9.17) is 0 Å². The molecule has 1 unspecified atom stereocenters. The lowest BCUT2D eigenvalue weighted by molar-refractivity contribution is 0.158. The zero-order valence-electron chi connectivity index (χ0n) is 15.5. The van der Waals surface area contributed by atoms with Crippen molar-refractivity contribution < 1.29 is 0 Å². The summed E-state index contributed by atoms with van der Waals surface area (Å²) in [4.78, 5) is 2.81. The van der Waals surface area contributed by atoms with Crippen LogP contribution in [-0.4, -0.2) is 36.6 Å². The van der Waals surface area contributed by atoms with E-state index >= 15 is 0 Å². The Bertz CT molecular complexity index is 261. The zero-order chi connectivity index (χ0) is 15.9. The van der Waals surface area contributed by atoms with E-state index in [2.05, 4.69) is 51.8 Å². The number of nitrogens with one attached hydrogen (secondary N) is 1. The molecule has 0 heterocycles. The second kappa shape index (κ2) is 9.15. The third-order valence-electron chi connectivity index (χ3n) is 5.04. The van der Waals surface area contributed by atoms with Crippen LogP contribution < -0.4 is 5.32 Å². The number of nitrogens with zero attached hydrogens (tertiary/aromatic N) is 1. The number of hydrogen-bond donors (Lipinski definition) is 1. The minimum atomic E-state index is 0.357. The molecule has 126 valence electrons. The molecule has 0 spiro atoms. The smallest absolute Gasteiger partial charge is 0.0128 e. The van der Waals surface area contributed by atoms with Gasteiger partial charge in [0.05, 0.1) is 0 Å². The van der Waals surface area contributed by atoms with Gasteiger partial charge in [0.25, 0.3) is 0 Å². The SMILES string of the molecule is CCNC(CCN(CCC(C)C)C1CCCC1)C(C)(C)C. The maximum absolute atomic E-state index is 3.71. The topological polar surface area (TPSA) is 15.3 Å². The van der Waals surface area contributed by atoms with Crippen molar-refractivity contribution >= 4 is 0 Å². The molecule has 1 N–H and O–H groups in total. The van der Waals surface area contributed by atoms with Crippen LogP contribution in [0, 0.1) is 11.3 Å². The van der Waals surface area contributed by atoms with Crippen LogP contribution in [0.5, 0.6) is 0 Å². The summed E-state index contributed by atoms with van der Waals surface area (Å²) in [5, 5.41) is 3.71. The second-order valence-corrected chi connectivity index (χ2v) is 8.42. The Morgan fingerprint density at radius 2 is 1.62 bits per heavy atom. The first-order valence-electron chi connectivity index (χ1n) is 9.32. The minimum Gasteiger partial charge on any atom is -0.314 e. The normalized spacial score (nSPS) is 18.9. The molecule has 0 amide bonds. The molecular formula is C19H40N2. The van der Waals surface area contributed by atoms with Gasteiger partial charge in [-0.25, -0.2) is 0 Å². The van der Waals surface area contributed by atoms with Crippen LogP contribution in [0.25, 0.3) is 0 Å². The van der Waals surface area contributed by atoms with Gasteiger partial charge in [0.2, 0.25) is 0 Å². The quantitative estimate of drug-likeness (QED) is 0.664. The highest BCUT2D eigenvalue weighted by Gasteiger charge is 2.27. The molecule has 0 saturated heterocycles. The lowest BCUT2D eigenvalue weighted by Gasteiger charge is -2.35. The standard InChI is InChI=1S/C19H40N2/c1-7-20-18(19(4,5)6)13-15-21(14-12-16(2)3)17-10-8-9-11-17/h16-18,20H,7-15H2,1-6H3. The van der Waals surface area contributed by atoms with Gasteiger partial charge in [-0.1, -0.05) is 54.4 Å². The molecule has 0 aromatic rings. The van der Waals surface area contributed by atoms with E-state index in [0.717, 1.165) is 18.5 Å². The molecule has 0 aliphatic heterocycles. The van der Waals surface area contributed by atoms with Crippen LogP contribution in [0.3, 0.4) is 0 Å². The molecular weight excluding hydrogens is 256 g/mol. The average molecular weight is 297 g/mol. The fourth-order valence-corrected chi connectivity index (χ4v) is 3.55. The highest BCUT2D eigenvalue weighted by atomic mass is 15.2. The Kier molecular flexibility index (Phi) is 8.26. The summed E-state index contributed by atoms with van der Waals surface area (Å²) < 4.78 is 0. The first-order valence-corrected chi connectivity index (χ1v) is 9.32. The van der Waals surface area contributed by atoms with Crippen molar-refractivity contribution in [3.63, 3.8) is 0 Å². The fourth-order valence-electron chi connectivity index (χ4n) is 3.55. The molecule has 21 heavy (non-hydrogen) atoms. The summed E-state index contributed by atoms with van der Waals surface area (Å²) in [6, 6.07) is 1.50. The number of hydrogen-bond acceptors (Lipinski definition) is 2. The average Bonchev–Trinajstić information content (AvgIpc) is 2.89. The van der Waals surface area contributed by atoms with Gasteiger partial charge in [0.15, 0.2) is 0 Å². The van der Waals surface area contributed by atoms with E-state index < -0.39 is 0 Å². The van der Waals surface area contributed by atoms with Gasteiger partial charge < -0.3 is 10.2 Å². The maximum atomic E-state index is 3.71. The zero-order valence-corrected chi connectivity index (χ0v) is 15.5. The summed E-state index contributed by atoms with van der Waals surface area (Å²) in [5.41, 5.74) is 0.357. The first-order chi connectivity index (χ1) is 9.84. The van der Waals surface area contributed by atoms with Gasteiger partial charge in [0, 0.05) is 12.1 Å². The Balaban J connectivity index is 2.53. The fraction of sp³-hybridized carbons (Fsp3) is 1.00. The Morgan fingerprint density at radius 3 is 2.10 bits per heavy atom. The van der Waals surface area contributed by atoms with E-state index in [1.54, 1.807) is 0 Å². The van der Waals surface area contributed by atoms with Gasteiger partial charge >= 0.3 is 0 Å². The molecule has 1 atom stereocenters. The van der Waals surface area contributed by atoms with E-state index in [-0.39, 0.29) is 0 Å². The second-order valence-electron chi connectivity index (χ2n) is 8.42. The van der Waals surface area contributed by atoms with E-state index in [1.165, 1.54) is 51.6 Å². The van der Waals surface area contributed by atoms with Gasteiger partial charge in [-0.3, -0.25) is 0 Å². The van der Waals surface area contributed by atoms with Crippen molar-refractivity contribution in [3.8, 4) is 0 Å². The largest absolute Gasteiger partial charge is 0.314 e. The summed E-state index contributed by atoms with van der Waals surface area (Å²) in [7, 11) is 0. The van der Waals surface area contributed by atoms with Crippen LogP contribution in [0.4, 0.5) is 0 Å². The van der Waals surface area contributed by atoms with Crippen molar-refractivity contribution in [2.45, 2.75) is 92.2 Å². The van der Waals surface area contributed by atoms with Crippen LogP contribution in [0.15, 0.2) is 0 Å². The third kappa shape index (κ3) is 7.15. The molecule has 0 aromatic heterocycles. The van der Waals surface area contributed by atoms with Crippen molar-refractivity contribution in [2.75, 3.05) is 19.6 Å². The van der Waals surface area contributed by atoms with Crippen LogP contribution >= 0.6 is 0 Å². The monoisotopic (exact) mass is 296 g/mol.